The highest BCUT2D eigenvalue weighted by Crippen LogP contribution is 2.49. The number of esters is 1. The van der Waals surface area contributed by atoms with Gasteiger partial charge in [-0.15, -0.1) is 0 Å². The fraction of sp³-hybridized carbons (Fsp3) is 0.340. The zero-order chi connectivity index (χ0) is 38.6. The molecule has 5 aromatic rings. The van der Waals surface area contributed by atoms with Gasteiger partial charge in [0.25, 0.3) is 0 Å². The highest BCUT2D eigenvalue weighted by Gasteiger charge is 2.67. The van der Waals surface area contributed by atoms with Crippen molar-refractivity contribution in [2.24, 2.45) is 0 Å². The maximum Gasteiger partial charge on any atom is 0.326 e. The second-order valence-corrected chi connectivity index (χ2v) is 15.3. The smallest absolute Gasteiger partial charge is 0.326 e. The summed E-state index contributed by atoms with van der Waals surface area (Å²) in [6, 6.07) is 49.8. The summed E-state index contributed by atoms with van der Waals surface area (Å²) in [5, 5.41) is 0. The van der Waals surface area contributed by atoms with Crippen LogP contribution in [0.4, 0.5) is 0 Å². The SMILES string of the molecule is COC(=O)[C@H]1N(Cc2ccccc2)[C@H](CI)CC12OC(COCc1ccccc1)C(OCc1ccccc1)C(OCc1ccccc1)C2OCc1ccccc1. The van der Waals surface area contributed by atoms with Crippen LogP contribution in [0.2, 0.25) is 0 Å². The predicted octanol–water partition coefficient (Wildman–Crippen LogP) is 8.35. The van der Waals surface area contributed by atoms with E-state index < -0.39 is 36.1 Å². The van der Waals surface area contributed by atoms with Crippen LogP contribution in [0.5, 0.6) is 0 Å². The molecule has 2 aliphatic rings. The van der Waals surface area contributed by atoms with E-state index >= 15 is 0 Å². The second kappa shape index (κ2) is 20.0. The summed E-state index contributed by atoms with van der Waals surface area (Å²) < 4.78 is 41.5. The van der Waals surface area contributed by atoms with Crippen molar-refractivity contribution in [1.29, 1.82) is 0 Å². The van der Waals surface area contributed by atoms with Gasteiger partial charge in [0.2, 0.25) is 0 Å². The zero-order valence-corrected chi connectivity index (χ0v) is 33.9. The molecule has 0 N–H and O–H groups in total. The summed E-state index contributed by atoms with van der Waals surface area (Å²) in [6.45, 7) is 2.04. The van der Waals surface area contributed by atoms with Crippen LogP contribution in [-0.2, 0) is 66.2 Å². The van der Waals surface area contributed by atoms with Crippen LogP contribution in [0.1, 0.15) is 34.2 Å². The Balaban J connectivity index is 1.33. The summed E-state index contributed by atoms with van der Waals surface area (Å²) in [7, 11) is 1.45. The lowest BCUT2D eigenvalue weighted by molar-refractivity contribution is -0.312. The third-order valence-electron chi connectivity index (χ3n) is 10.7. The largest absolute Gasteiger partial charge is 0.468 e. The molecule has 0 aliphatic carbocycles. The lowest BCUT2D eigenvalue weighted by Gasteiger charge is -2.53. The summed E-state index contributed by atoms with van der Waals surface area (Å²) in [5.74, 6) is -0.379. The molecule has 2 fully saturated rings. The van der Waals surface area contributed by atoms with E-state index in [2.05, 4.69) is 51.8 Å². The number of carbonyl (C=O) groups excluding carboxylic acids is 1. The third kappa shape index (κ3) is 9.77. The van der Waals surface area contributed by atoms with Crippen molar-refractivity contribution in [1.82, 2.24) is 4.90 Å². The maximum atomic E-state index is 14.4. The molecule has 0 radical (unpaired) electrons. The van der Waals surface area contributed by atoms with Gasteiger partial charge < -0.3 is 28.4 Å². The van der Waals surface area contributed by atoms with Crippen molar-refractivity contribution < 1.29 is 33.2 Å². The first-order chi connectivity index (χ1) is 27.6. The van der Waals surface area contributed by atoms with Crippen LogP contribution >= 0.6 is 22.6 Å². The molecular weight excluding hydrogens is 817 g/mol. The Morgan fingerprint density at radius 2 is 1.09 bits per heavy atom. The molecule has 0 saturated carbocycles. The molecule has 7 atom stereocenters. The van der Waals surface area contributed by atoms with Crippen molar-refractivity contribution in [2.75, 3.05) is 18.1 Å². The molecule has 9 heteroatoms. The Hall–Kier alpha value is -3.94. The highest BCUT2D eigenvalue weighted by atomic mass is 127. The molecule has 2 aliphatic heterocycles. The Kier molecular flexibility index (Phi) is 14.4. The van der Waals surface area contributed by atoms with Crippen LogP contribution in [-0.4, -0.2) is 71.1 Å². The standard InChI is InChI=1S/C47H50INO7/c1-51-46(50)44-47(27-40(28-48)49(44)29-35-17-7-2-8-18-35)45(55-33-39-25-15-6-16-26-39)43(54-32-38-23-13-5-14-24-38)42(53-31-37-21-11-4-12-22-37)41(56-47)34-52-30-36-19-9-3-10-20-36/h2-26,40-45H,27-34H2,1H3/t40-,41?,42?,43?,44+,45?,47?/m0/s1. The Morgan fingerprint density at radius 3 is 1.57 bits per heavy atom. The Bertz CT molecular complexity index is 1910. The normalized spacial score (nSPS) is 25.0. The van der Waals surface area contributed by atoms with Crippen LogP contribution in [0, 0.1) is 0 Å². The van der Waals surface area contributed by atoms with Gasteiger partial charge in [-0.05, 0) is 34.2 Å². The molecule has 1 spiro atoms. The highest BCUT2D eigenvalue weighted by molar-refractivity contribution is 14.1. The number of carbonyl (C=O) groups is 1. The van der Waals surface area contributed by atoms with Crippen molar-refractivity contribution >= 4 is 28.6 Å². The molecule has 0 bridgehead atoms. The monoisotopic (exact) mass is 867 g/mol. The molecule has 0 amide bonds. The molecule has 8 nitrogen and oxygen atoms in total. The van der Waals surface area contributed by atoms with Gasteiger partial charge in [0, 0.05) is 17.0 Å². The van der Waals surface area contributed by atoms with E-state index in [1.807, 2.05) is 127 Å². The molecule has 5 unspecified atom stereocenters. The topological polar surface area (TPSA) is 75.7 Å². The second-order valence-electron chi connectivity index (χ2n) is 14.4. The lowest BCUT2D eigenvalue weighted by atomic mass is 9.78. The quantitative estimate of drug-likeness (QED) is 0.0525. The molecule has 292 valence electrons. The molecule has 2 saturated heterocycles. The van der Waals surface area contributed by atoms with Crippen LogP contribution < -0.4 is 0 Å². The molecule has 2 heterocycles. The van der Waals surface area contributed by atoms with E-state index in [-0.39, 0.29) is 25.2 Å². The number of nitrogens with zero attached hydrogens (tertiary/aromatic N) is 1. The Morgan fingerprint density at radius 1 is 0.643 bits per heavy atom. The van der Waals surface area contributed by atoms with E-state index in [1.54, 1.807) is 0 Å². The minimum absolute atomic E-state index is 0.0369. The van der Waals surface area contributed by atoms with Crippen LogP contribution in [0.3, 0.4) is 0 Å². The first-order valence-electron chi connectivity index (χ1n) is 19.3. The van der Waals surface area contributed by atoms with Gasteiger partial charge >= 0.3 is 5.97 Å². The number of hydrogen-bond acceptors (Lipinski definition) is 8. The number of likely N-dealkylation sites (tertiary alicyclic amines) is 1. The minimum Gasteiger partial charge on any atom is -0.468 e. The van der Waals surface area contributed by atoms with Crippen molar-refractivity contribution in [3.63, 3.8) is 0 Å². The van der Waals surface area contributed by atoms with Crippen LogP contribution in [0.15, 0.2) is 152 Å². The average Bonchev–Trinajstić information content (AvgIpc) is 3.56. The first kappa shape index (κ1) is 40.3. The van der Waals surface area contributed by atoms with Crippen molar-refractivity contribution in [3.05, 3.63) is 179 Å². The first-order valence-corrected chi connectivity index (χ1v) is 20.8. The van der Waals surface area contributed by atoms with E-state index in [0.717, 1.165) is 32.2 Å². The fourth-order valence-electron chi connectivity index (χ4n) is 8.07. The van der Waals surface area contributed by atoms with Crippen molar-refractivity contribution in [2.45, 2.75) is 81.5 Å². The van der Waals surface area contributed by atoms with Gasteiger partial charge in [0.05, 0.1) is 40.1 Å². The number of methoxy groups -OCH3 is 1. The van der Waals surface area contributed by atoms with Gasteiger partial charge in [-0.25, -0.2) is 0 Å². The number of hydrogen-bond donors (Lipinski definition) is 0. The van der Waals surface area contributed by atoms with Crippen LogP contribution in [0.25, 0.3) is 0 Å². The van der Waals surface area contributed by atoms with Gasteiger partial charge in [0.15, 0.2) is 0 Å². The molecule has 0 aromatic heterocycles. The lowest BCUT2D eigenvalue weighted by Crippen LogP contribution is -2.71. The summed E-state index contributed by atoms with van der Waals surface area (Å²) in [5.41, 5.74) is 3.98. The maximum absolute atomic E-state index is 14.4. The fourth-order valence-corrected chi connectivity index (χ4v) is 8.88. The van der Waals surface area contributed by atoms with Gasteiger partial charge in [-0.1, -0.05) is 174 Å². The average molecular weight is 868 g/mol. The van der Waals surface area contributed by atoms with Gasteiger partial charge in [0.1, 0.15) is 36.1 Å². The Labute approximate surface area is 344 Å². The number of halogens is 1. The van der Waals surface area contributed by atoms with E-state index in [9.17, 15) is 4.79 Å². The van der Waals surface area contributed by atoms with Gasteiger partial charge in [-0.3, -0.25) is 9.69 Å². The molecular formula is C47H50INO7. The van der Waals surface area contributed by atoms with E-state index in [0.29, 0.717) is 32.8 Å². The van der Waals surface area contributed by atoms with E-state index in [4.69, 9.17) is 28.4 Å². The number of ether oxygens (including phenoxy) is 6. The summed E-state index contributed by atoms with van der Waals surface area (Å²) >= 11 is 2.43. The summed E-state index contributed by atoms with van der Waals surface area (Å²) in [6.07, 6.45) is -2.15. The summed E-state index contributed by atoms with van der Waals surface area (Å²) in [4.78, 5) is 16.7. The number of benzene rings is 5. The molecule has 56 heavy (non-hydrogen) atoms. The number of alkyl halides is 1. The minimum atomic E-state index is -1.19. The third-order valence-corrected chi connectivity index (χ3v) is 11.7. The van der Waals surface area contributed by atoms with Crippen molar-refractivity contribution in [3.8, 4) is 0 Å². The zero-order valence-electron chi connectivity index (χ0n) is 31.7. The van der Waals surface area contributed by atoms with E-state index in [1.165, 1.54) is 7.11 Å². The molecule has 7 rings (SSSR count). The number of rotatable bonds is 17. The van der Waals surface area contributed by atoms with Gasteiger partial charge in [-0.2, -0.15) is 0 Å². The predicted molar refractivity (Wildman–Crippen MR) is 224 cm³/mol. The molecule has 5 aromatic carbocycles.